The Morgan fingerprint density at radius 2 is 2.19 bits per heavy atom. The average molecular weight is 302 g/mol. The lowest BCUT2D eigenvalue weighted by Gasteiger charge is -2.19. The van der Waals surface area contributed by atoms with Crippen molar-refractivity contribution in [3.63, 3.8) is 0 Å². The molecule has 1 heterocycles. The highest BCUT2D eigenvalue weighted by atomic mass is 79.9. The van der Waals surface area contributed by atoms with Crippen molar-refractivity contribution in [2.45, 2.75) is 32.6 Å². The summed E-state index contributed by atoms with van der Waals surface area (Å²) in [4.78, 5) is 1.54. The Bertz CT molecular complexity index is 323. The largest absolute Gasteiger partial charge is 0.317 e. The molecule has 0 saturated heterocycles. The predicted molar refractivity (Wildman–Crippen MR) is 75.1 cm³/mol. The second kappa shape index (κ2) is 6.18. The molecular formula is C13H20BrNS. The monoisotopic (exact) mass is 301 g/mol. The molecule has 0 bridgehead atoms. The molecule has 2 unspecified atom stereocenters. The van der Waals surface area contributed by atoms with Crippen LogP contribution in [0.2, 0.25) is 0 Å². The van der Waals surface area contributed by atoms with Gasteiger partial charge in [-0.25, -0.2) is 0 Å². The number of nitrogens with one attached hydrogen (secondary N) is 1. The average Bonchev–Trinajstić information content (AvgIpc) is 2.86. The van der Waals surface area contributed by atoms with Gasteiger partial charge in [-0.2, -0.15) is 0 Å². The van der Waals surface area contributed by atoms with Crippen molar-refractivity contribution >= 4 is 27.3 Å². The first-order valence-corrected chi connectivity index (χ1v) is 7.85. The quantitative estimate of drug-likeness (QED) is 0.864. The number of halogens is 1. The Hall–Kier alpha value is 0.140. The van der Waals surface area contributed by atoms with Crippen LogP contribution in [-0.2, 0) is 6.42 Å². The fraction of sp³-hybridized carbons (Fsp3) is 0.692. The number of hydrogen-bond acceptors (Lipinski definition) is 2. The molecular weight excluding hydrogens is 282 g/mol. The lowest BCUT2D eigenvalue weighted by Crippen LogP contribution is -2.25. The minimum atomic E-state index is 0.904. The Balaban J connectivity index is 1.88. The summed E-state index contributed by atoms with van der Waals surface area (Å²) in [6, 6.07) is 4.45. The molecule has 1 aliphatic rings. The predicted octanol–water partition coefficient (Wildman–Crippen LogP) is 4.08. The van der Waals surface area contributed by atoms with E-state index in [-0.39, 0.29) is 0 Å². The van der Waals surface area contributed by atoms with Crippen molar-refractivity contribution < 1.29 is 0 Å². The van der Waals surface area contributed by atoms with Crippen LogP contribution in [0, 0.1) is 11.8 Å². The zero-order chi connectivity index (χ0) is 11.4. The van der Waals surface area contributed by atoms with Gasteiger partial charge in [-0.1, -0.05) is 13.3 Å². The van der Waals surface area contributed by atoms with Gasteiger partial charge in [0.1, 0.15) is 0 Å². The van der Waals surface area contributed by atoms with Gasteiger partial charge in [0.05, 0.1) is 3.79 Å². The highest BCUT2D eigenvalue weighted by Gasteiger charge is 2.27. The van der Waals surface area contributed by atoms with Crippen LogP contribution in [0.3, 0.4) is 0 Å². The fourth-order valence-corrected chi connectivity index (χ4v) is 4.28. The van der Waals surface area contributed by atoms with Crippen LogP contribution in [0.4, 0.5) is 0 Å². The van der Waals surface area contributed by atoms with Crippen LogP contribution < -0.4 is 5.32 Å². The normalized spacial score (nSPS) is 25.1. The summed E-state index contributed by atoms with van der Waals surface area (Å²) in [7, 11) is 0. The van der Waals surface area contributed by atoms with Crippen LogP contribution in [0.1, 0.15) is 31.1 Å². The van der Waals surface area contributed by atoms with E-state index in [0.717, 1.165) is 18.4 Å². The molecule has 1 aromatic rings. The molecule has 2 atom stereocenters. The van der Waals surface area contributed by atoms with E-state index in [1.165, 1.54) is 36.0 Å². The van der Waals surface area contributed by atoms with Crippen LogP contribution in [-0.4, -0.2) is 13.1 Å². The summed E-state index contributed by atoms with van der Waals surface area (Å²) in [5.41, 5.74) is 0. The molecule has 16 heavy (non-hydrogen) atoms. The molecule has 0 spiro atoms. The molecule has 1 aromatic heterocycles. The zero-order valence-electron chi connectivity index (χ0n) is 9.84. The summed E-state index contributed by atoms with van der Waals surface area (Å²) in [5.74, 6) is 1.81. The van der Waals surface area contributed by atoms with E-state index in [4.69, 9.17) is 0 Å². The van der Waals surface area contributed by atoms with Crippen LogP contribution in [0.5, 0.6) is 0 Å². The van der Waals surface area contributed by atoms with E-state index < -0.39 is 0 Å². The third kappa shape index (κ3) is 3.31. The van der Waals surface area contributed by atoms with E-state index in [2.05, 4.69) is 40.3 Å². The topological polar surface area (TPSA) is 12.0 Å². The van der Waals surface area contributed by atoms with Crippen molar-refractivity contribution in [2.75, 3.05) is 13.1 Å². The van der Waals surface area contributed by atoms with Gasteiger partial charge in [0.15, 0.2) is 0 Å². The van der Waals surface area contributed by atoms with E-state index in [0.29, 0.717) is 0 Å². The molecule has 1 nitrogen and oxygen atoms in total. The SMILES string of the molecule is CCNCC1CCCC1Cc1ccc(Br)s1. The Labute approximate surface area is 111 Å². The zero-order valence-corrected chi connectivity index (χ0v) is 12.2. The van der Waals surface area contributed by atoms with E-state index >= 15 is 0 Å². The molecule has 1 aliphatic carbocycles. The van der Waals surface area contributed by atoms with Gasteiger partial charge in [0.25, 0.3) is 0 Å². The van der Waals surface area contributed by atoms with Crippen LogP contribution in [0.25, 0.3) is 0 Å². The summed E-state index contributed by atoms with van der Waals surface area (Å²) >= 11 is 5.44. The fourth-order valence-electron chi connectivity index (χ4n) is 2.70. The first-order chi connectivity index (χ1) is 7.79. The second-order valence-corrected chi connectivity index (χ2v) is 7.22. The summed E-state index contributed by atoms with van der Waals surface area (Å²) in [6.07, 6.45) is 5.55. The Kier molecular flexibility index (Phi) is 4.86. The molecule has 90 valence electrons. The van der Waals surface area contributed by atoms with Crippen molar-refractivity contribution in [3.05, 3.63) is 20.8 Å². The van der Waals surface area contributed by atoms with E-state index in [1.807, 2.05) is 11.3 Å². The third-order valence-electron chi connectivity index (χ3n) is 3.57. The van der Waals surface area contributed by atoms with Crippen LogP contribution >= 0.6 is 27.3 Å². The number of rotatable bonds is 5. The standard InChI is InChI=1S/C13H20BrNS/c1-2-15-9-11-5-3-4-10(11)8-12-6-7-13(14)16-12/h6-7,10-11,15H,2-5,8-9H2,1H3. The van der Waals surface area contributed by atoms with E-state index in [9.17, 15) is 0 Å². The molecule has 0 aromatic carbocycles. The van der Waals surface area contributed by atoms with Gasteiger partial charge in [0, 0.05) is 4.88 Å². The van der Waals surface area contributed by atoms with E-state index in [1.54, 1.807) is 4.88 Å². The maximum absolute atomic E-state index is 3.54. The smallest absolute Gasteiger partial charge is 0.0701 e. The molecule has 2 rings (SSSR count). The van der Waals surface area contributed by atoms with Gasteiger partial charge >= 0.3 is 0 Å². The molecule has 3 heteroatoms. The van der Waals surface area contributed by atoms with Crippen molar-refractivity contribution in [1.29, 1.82) is 0 Å². The molecule has 1 saturated carbocycles. The first kappa shape index (κ1) is 12.6. The number of thiophene rings is 1. The van der Waals surface area contributed by atoms with Crippen LogP contribution in [0.15, 0.2) is 15.9 Å². The highest BCUT2D eigenvalue weighted by Crippen LogP contribution is 2.35. The lowest BCUT2D eigenvalue weighted by molar-refractivity contribution is 0.370. The molecule has 1 N–H and O–H groups in total. The Morgan fingerprint density at radius 1 is 1.38 bits per heavy atom. The second-order valence-electron chi connectivity index (χ2n) is 4.67. The highest BCUT2D eigenvalue weighted by molar-refractivity contribution is 9.11. The van der Waals surface area contributed by atoms with Gasteiger partial charge in [0.2, 0.25) is 0 Å². The maximum atomic E-state index is 3.54. The van der Waals surface area contributed by atoms with Crippen molar-refractivity contribution in [3.8, 4) is 0 Å². The first-order valence-electron chi connectivity index (χ1n) is 6.24. The van der Waals surface area contributed by atoms with Gasteiger partial charge in [-0.3, -0.25) is 0 Å². The molecule has 0 aliphatic heterocycles. The lowest BCUT2D eigenvalue weighted by atomic mass is 9.92. The van der Waals surface area contributed by atoms with Gasteiger partial charge in [-0.15, -0.1) is 11.3 Å². The third-order valence-corrected chi connectivity index (χ3v) is 5.21. The molecule has 0 amide bonds. The van der Waals surface area contributed by atoms with Crippen molar-refractivity contribution in [1.82, 2.24) is 5.32 Å². The Morgan fingerprint density at radius 3 is 2.88 bits per heavy atom. The molecule has 0 radical (unpaired) electrons. The summed E-state index contributed by atoms with van der Waals surface area (Å²) in [6.45, 7) is 4.52. The van der Waals surface area contributed by atoms with Crippen molar-refractivity contribution in [2.24, 2.45) is 11.8 Å². The van der Waals surface area contributed by atoms with Gasteiger partial charge < -0.3 is 5.32 Å². The summed E-state index contributed by atoms with van der Waals surface area (Å²) < 4.78 is 1.27. The molecule has 1 fully saturated rings. The maximum Gasteiger partial charge on any atom is 0.0701 e. The minimum Gasteiger partial charge on any atom is -0.317 e. The minimum absolute atomic E-state index is 0.904. The summed E-state index contributed by atoms with van der Waals surface area (Å²) in [5, 5.41) is 3.51. The van der Waals surface area contributed by atoms with Gasteiger partial charge in [-0.05, 0) is 72.3 Å². The number of hydrogen-bond donors (Lipinski definition) is 1.